The summed E-state index contributed by atoms with van der Waals surface area (Å²) in [5, 5.41) is 14.7. The van der Waals surface area contributed by atoms with Crippen molar-refractivity contribution in [3.05, 3.63) is 22.4 Å². The predicted octanol–water partition coefficient (Wildman–Crippen LogP) is 1.56. The topological polar surface area (TPSA) is 55.8 Å². The van der Waals surface area contributed by atoms with Crippen LogP contribution in [0.3, 0.4) is 0 Å². The van der Waals surface area contributed by atoms with Crippen molar-refractivity contribution in [2.24, 2.45) is 5.92 Å². The van der Waals surface area contributed by atoms with Crippen LogP contribution in [-0.2, 0) is 4.79 Å². The second-order valence-corrected chi connectivity index (χ2v) is 7.71. The molecular weight excluding hydrogens is 310 g/mol. The lowest BCUT2D eigenvalue weighted by Gasteiger charge is -2.35. The number of rotatable bonds is 7. The van der Waals surface area contributed by atoms with Gasteiger partial charge in [-0.2, -0.15) is 0 Å². The van der Waals surface area contributed by atoms with Crippen LogP contribution in [0.2, 0.25) is 0 Å². The van der Waals surface area contributed by atoms with Crippen LogP contribution in [0.4, 0.5) is 0 Å². The van der Waals surface area contributed by atoms with Crippen molar-refractivity contribution < 1.29 is 9.90 Å². The average Bonchev–Trinajstić information content (AvgIpc) is 3.00. The SMILES string of the molecule is CC(C)[C@H](NC(=O)CN1CCN(C[C@@H](C)O)CC1)c1cccs1. The van der Waals surface area contributed by atoms with E-state index in [0.717, 1.165) is 26.2 Å². The molecule has 1 aliphatic rings. The zero-order valence-electron chi connectivity index (χ0n) is 14.4. The molecule has 130 valence electrons. The van der Waals surface area contributed by atoms with E-state index in [4.69, 9.17) is 0 Å². The highest BCUT2D eigenvalue weighted by Crippen LogP contribution is 2.25. The number of aliphatic hydroxyl groups is 1. The molecule has 6 heteroatoms. The van der Waals surface area contributed by atoms with Crippen molar-refractivity contribution in [2.75, 3.05) is 39.3 Å². The molecule has 2 N–H and O–H groups in total. The Morgan fingerprint density at radius 1 is 1.26 bits per heavy atom. The minimum absolute atomic E-state index is 0.0963. The van der Waals surface area contributed by atoms with E-state index < -0.39 is 0 Å². The lowest BCUT2D eigenvalue weighted by Crippen LogP contribution is -2.51. The number of piperazine rings is 1. The fraction of sp³-hybridized carbons (Fsp3) is 0.706. The van der Waals surface area contributed by atoms with E-state index in [2.05, 4.69) is 40.4 Å². The van der Waals surface area contributed by atoms with Gasteiger partial charge < -0.3 is 10.4 Å². The molecule has 1 saturated heterocycles. The summed E-state index contributed by atoms with van der Waals surface area (Å²) in [5.41, 5.74) is 0. The van der Waals surface area contributed by atoms with Gasteiger partial charge in [-0.05, 0) is 24.3 Å². The maximum Gasteiger partial charge on any atom is 0.234 e. The van der Waals surface area contributed by atoms with E-state index in [1.165, 1.54) is 4.88 Å². The molecule has 0 unspecified atom stereocenters. The van der Waals surface area contributed by atoms with Gasteiger partial charge in [-0.1, -0.05) is 19.9 Å². The largest absolute Gasteiger partial charge is 0.392 e. The third-order valence-electron chi connectivity index (χ3n) is 4.19. The van der Waals surface area contributed by atoms with Gasteiger partial charge in [-0.25, -0.2) is 0 Å². The molecule has 1 aliphatic heterocycles. The monoisotopic (exact) mass is 339 g/mol. The Balaban J connectivity index is 1.78. The molecule has 0 bridgehead atoms. The van der Waals surface area contributed by atoms with Crippen LogP contribution in [0.25, 0.3) is 0 Å². The Morgan fingerprint density at radius 3 is 2.43 bits per heavy atom. The van der Waals surface area contributed by atoms with E-state index in [9.17, 15) is 9.90 Å². The third-order valence-corrected chi connectivity index (χ3v) is 5.14. The predicted molar refractivity (Wildman–Crippen MR) is 94.6 cm³/mol. The molecular formula is C17H29N3O2S. The van der Waals surface area contributed by atoms with Gasteiger partial charge in [0.25, 0.3) is 0 Å². The van der Waals surface area contributed by atoms with Crippen molar-refractivity contribution in [3.8, 4) is 0 Å². The van der Waals surface area contributed by atoms with Gasteiger partial charge in [0, 0.05) is 37.6 Å². The Morgan fingerprint density at radius 2 is 1.91 bits per heavy atom. The molecule has 0 aliphatic carbocycles. The van der Waals surface area contributed by atoms with Gasteiger partial charge in [0.15, 0.2) is 0 Å². The fourth-order valence-electron chi connectivity index (χ4n) is 2.96. The number of thiophene rings is 1. The Bertz CT molecular complexity index is 468. The normalized spacial score (nSPS) is 19.7. The first-order valence-electron chi connectivity index (χ1n) is 8.41. The molecule has 1 amide bonds. The van der Waals surface area contributed by atoms with E-state index in [1.54, 1.807) is 11.3 Å². The quantitative estimate of drug-likeness (QED) is 0.792. The van der Waals surface area contributed by atoms with Crippen LogP contribution in [0.5, 0.6) is 0 Å². The summed E-state index contributed by atoms with van der Waals surface area (Å²) in [7, 11) is 0. The van der Waals surface area contributed by atoms with E-state index in [1.807, 2.05) is 13.0 Å². The zero-order valence-corrected chi connectivity index (χ0v) is 15.2. The second kappa shape index (κ2) is 8.78. The molecule has 1 aromatic heterocycles. The third kappa shape index (κ3) is 5.88. The van der Waals surface area contributed by atoms with Gasteiger partial charge in [0.2, 0.25) is 5.91 Å². The van der Waals surface area contributed by atoms with E-state index in [0.29, 0.717) is 19.0 Å². The van der Waals surface area contributed by atoms with Gasteiger partial charge in [0.1, 0.15) is 0 Å². The van der Waals surface area contributed by atoms with Crippen LogP contribution in [0, 0.1) is 5.92 Å². The highest BCUT2D eigenvalue weighted by molar-refractivity contribution is 7.10. The summed E-state index contributed by atoms with van der Waals surface area (Å²) < 4.78 is 0. The standard InChI is InChI=1S/C17H29N3O2S/c1-13(2)17(15-5-4-10-23-15)18-16(22)12-20-8-6-19(7-9-20)11-14(3)21/h4-5,10,13-14,17,21H,6-9,11-12H2,1-3H3,(H,18,22)/t14-,17+/m1/s1. The van der Waals surface area contributed by atoms with Crippen LogP contribution >= 0.6 is 11.3 Å². The first-order valence-corrected chi connectivity index (χ1v) is 9.29. The number of hydrogen-bond acceptors (Lipinski definition) is 5. The molecule has 2 heterocycles. The van der Waals surface area contributed by atoms with Crippen LogP contribution in [-0.4, -0.2) is 66.2 Å². The summed E-state index contributed by atoms with van der Waals surface area (Å²) in [6, 6.07) is 4.21. The van der Waals surface area contributed by atoms with Gasteiger partial charge >= 0.3 is 0 Å². The number of amides is 1. The van der Waals surface area contributed by atoms with Gasteiger partial charge in [-0.15, -0.1) is 11.3 Å². The molecule has 1 fully saturated rings. The number of nitrogens with one attached hydrogen (secondary N) is 1. The summed E-state index contributed by atoms with van der Waals surface area (Å²) >= 11 is 1.69. The van der Waals surface area contributed by atoms with Crippen molar-refractivity contribution in [1.82, 2.24) is 15.1 Å². The van der Waals surface area contributed by atoms with Gasteiger partial charge in [-0.3, -0.25) is 14.6 Å². The zero-order chi connectivity index (χ0) is 16.8. The highest BCUT2D eigenvalue weighted by Gasteiger charge is 2.23. The number of nitrogens with zero attached hydrogens (tertiary/aromatic N) is 2. The number of hydrogen-bond donors (Lipinski definition) is 2. The molecule has 0 radical (unpaired) electrons. The van der Waals surface area contributed by atoms with Crippen LogP contribution in [0.15, 0.2) is 17.5 Å². The molecule has 0 spiro atoms. The molecule has 1 aromatic rings. The van der Waals surface area contributed by atoms with Crippen LogP contribution in [0.1, 0.15) is 31.7 Å². The van der Waals surface area contributed by atoms with Crippen molar-refractivity contribution in [1.29, 1.82) is 0 Å². The first kappa shape index (κ1) is 18.4. The molecule has 0 saturated carbocycles. The second-order valence-electron chi connectivity index (χ2n) is 6.73. The average molecular weight is 340 g/mol. The summed E-state index contributed by atoms with van der Waals surface area (Å²) in [5.74, 6) is 0.474. The molecule has 23 heavy (non-hydrogen) atoms. The number of carbonyl (C=O) groups excluding carboxylic acids is 1. The molecule has 2 rings (SSSR count). The Labute approximate surface area is 143 Å². The van der Waals surface area contributed by atoms with E-state index in [-0.39, 0.29) is 18.1 Å². The smallest absolute Gasteiger partial charge is 0.234 e. The summed E-state index contributed by atoms with van der Waals surface area (Å²) in [6.45, 7) is 10.9. The van der Waals surface area contributed by atoms with Crippen molar-refractivity contribution in [3.63, 3.8) is 0 Å². The van der Waals surface area contributed by atoms with Crippen molar-refractivity contribution >= 4 is 17.2 Å². The number of β-amino-alcohol motifs (C(OH)–C–C–N with tert-alkyl or cyclic N) is 1. The maximum atomic E-state index is 12.4. The Hall–Kier alpha value is -0.950. The summed E-state index contributed by atoms with van der Waals surface area (Å²) in [6.07, 6.45) is -0.289. The van der Waals surface area contributed by atoms with Crippen LogP contribution < -0.4 is 5.32 Å². The first-order chi connectivity index (χ1) is 11.0. The Kier molecular flexibility index (Phi) is 7.02. The molecule has 0 aromatic carbocycles. The lowest BCUT2D eigenvalue weighted by molar-refractivity contribution is -0.123. The lowest BCUT2D eigenvalue weighted by atomic mass is 10.0. The summed E-state index contributed by atoms with van der Waals surface area (Å²) in [4.78, 5) is 18.0. The minimum Gasteiger partial charge on any atom is -0.392 e. The minimum atomic E-state index is -0.289. The molecule has 5 nitrogen and oxygen atoms in total. The number of carbonyl (C=O) groups is 1. The maximum absolute atomic E-state index is 12.4. The number of aliphatic hydroxyl groups excluding tert-OH is 1. The van der Waals surface area contributed by atoms with Gasteiger partial charge in [0.05, 0.1) is 18.7 Å². The fourth-order valence-corrected chi connectivity index (χ4v) is 3.91. The highest BCUT2D eigenvalue weighted by atomic mass is 32.1. The molecule has 2 atom stereocenters. The van der Waals surface area contributed by atoms with Crippen molar-refractivity contribution in [2.45, 2.75) is 32.9 Å². The van der Waals surface area contributed by atoms with E-state index >= 15 is 0 Å².